The quantitative estimate of drug-likeness (QED) is 0.534. The third kappa shape index (κ3) is 6.26. The molecule has 0 bridgehead atoms. The van der Waals surface area contributed by atoms with Crippen molar-refractivity contribution >= 4 is 27.1 Å². The average molecular weight is 484 g/mol. The molecule has 1 fully saturated rings. The van der Waals surface area contributed by atoms with Gasteiger partial charge in [0, 0.05) is 44.5 Å². The Balaban J connectivity index is 1.94. The van der Waals surface area contributed by atoms with E-state index in [-0.39, 0.29) is 17.1 Å². The number of benzene rings is 2. The molecule has 1 heterocycles. The van der Waals surface area contributed by atoms with Gasteiger partial charge >= 0.3 is 6.61 Å². The van der Waals surface area contributed by atoms with E-state index in [1.807, 2.05) is 6.07 Å². The molecule has 2 aromatic carbocycles. The highest BCUT2D eigenvalue weighted by Crippen LogP contribution is 2.42. The van der Waals surface area contributed by atoms with Crippen LogP contribution >= 0.6 is 0 Å². The zero-order chi connectivity index (χ0) is 24.2. The SMILES string of the molecule is COc1cc(N2CCN(CC(C)C)CC2)ccc1N(c1ccccc1OC(F)F)S(C)(=O)=O. The lowest BCUT2D eigenvalue weighted by molar-refractivity contribution is -0.0494. The number of hydrogen-bond donors (Lipinski definition) is 0. The number of anilines is 3. The lowest BCUT2D eigenvalue weighted by atomic mass is 10.1. The highest BCUT2D eigenvalue weighted by molar-refractivity contribution is 7.92. The molecule has 0 aromatic heterocycles. The Kier molecular flexibility index (Phi) is 8.01. The molecule has 10 heteroatoms. The van der Waals surface area contributed by atoms with Crippen molar-refractivity contribution in [3.05, 3.63) is 42.5 Å². The Bertz CT molecular complexity index is 1040. The molecule has 0 unspecified atom stereocenters. The van der Waals surface area contributed by atoms with Crippen LogP contribution in [0.3, 0.4) is 0 Å². The number of sulfonamides is 1. The zero-order valence-corrected chi connectivity index (χ0v) is 20.2. The molecule has 0 aliphatic carbocycles. The van der Waals surface area contributed by atoms with Crippen LogP contribution < -0.4 is 18.7 Å². The molecule has 1 aliphatic heterocycles. The van der Waals surface area contributed by atoms with E-state index in [2.05, 4.69) is 28.4 Å². The van der Waals surface area contributed by atoms with Crippen LogP contribution in [-0.2, 0) is 10.0 Å². The topological polar surface area (TPSA) is 62.3 Å². The van der Waals surface area contributed by atoms with E-state index in [1.165, 1.54) is 25.3 Å². The van der Waals surface area contributed by atoms with Crippen molar-refractivity contribution in [1.82, 2.24) is 4.90 Å². The van der Waals surface area contributed by atoms with Crippen LogP contribution in [0.15, 0.2) is 42.5 Å². The number of rotatable bonds is 9. The fourth-order valence-electron chi connectivity index (χ4n) is 4.04. The van der Waals surface area contributed by atoms with E-state index in [9.17, 15) is 17.2 Å². The van der Waals surface area contributed by atoms with Crippen LogP contribution in [0, 0.1) is 5.92 Å². The molecule has 3 rings (SSSR count). The lowest BCUT2D eigenvalue weighted by Crippen LogP contribution is -2.47. The summed E-state index contributed by atoms with van der Waals surface area (Å²) >= 11 is 0. The third-order valence-corrected chi connectivity index (χ3v) is 6.43. The van der Waals surface area contributed by atoms with Crippen LogP contribution in [-0.4, -0.2) is 66.0 Å². The second-order valence-electron chi connectivity index (χ2n) is 8.41. The molecule has 1 aliphatic rings. The fraction of sp³-hybridized carbons (Fsp3) is 0.478. The minimum atomic E-state index is -3.91. The molecule has 182 valence electrons. The first-order valence-corrected chi connectivity index (χ1v) is 12.6. The van der Waals surface area contributed by atoms with Crippen LogP contribution in [0.5, 0.6) is 11.5 Å². The number of halogens is 2. The van der Waals surface area contributed by atoms with E-state index in [0.717, 1.165) is 49.0 Å². The maximum Gasteiger partial charge on any atom is 0.387 e. The molecular formula is C23H31F2N3O4S. The van der Waals surface area contributed by atoms with E-state index in [1.54, 1.807) is 18.2 Å². The number of alkyl halides is 2. The molecular weight excluding hydrogens is 452 g/mol. The summed E-state index contributed by atoms with van der Waals surface area (Å²) in [6, 6.07) is 11.0. The summed E-state index contributed by atoms with van der Waals surface area (Å²) in [5, 5.41) is 0. The highest BCUT2D eigenvalue weighted by Gasteiger charge is 2.28. The van der Waals surface area contributed by atoms with Gasteiger partial charge in [0.2, 0.25) is 10.0 Å². The number of methoxy groups -OCH3 is 1. The van der Waals surface area contributed by atoms with Gasteiger partial charge in [-0.1, -0.05) is 26.0 Å². The second kappa shape index (κ2) is 10.6. The summed E-state index contributed by atoms with van der Waals surface area (Å²) < 4.78 is 62.5. The number of piperazine rings is 1. The number of hydrogen-bond acceptors (Lipinski definition) is 6. The van der Waals surface area contributed by atoms with Crippen LogP contribution in [0.1, 0.15) is 13.8 Å². The van der Waals surface area contributed by atoms with Crippen LogP contribution in [0.4, 0.5) is 25.8 Å². The maximum atomic E-state index is 12.9. The standard InChI is InChI=1S/C23H31F2N3O4S/c1-17(2)16-26-11-13-27(14-12-26)18-9-10-20(22(15-18)31-3)28(33(4,29)30)19-7-5-6-8-21(19)32-23(24)25/h5-10,15,17,23H,11-14,16H2,1-4H3. The van der Waals surface area contributed by atoms with Crippen molar-refractivity contribution in [2.45, 2.75) is 20.5 Å². The van der Waals surface area contributed by atoms with Crippen molar-refractivity contribution in [3.63, 3.8) is 0 Å². The molecule has 2 aromatic rings. The Hall–Kier alpha value is -2.59. The monoisotopic (exact) mass is 483 g/mol. The van der Waals surface area contributed by atoms with Gasteiger partial charge in [0.1, 0.15) is 5.75 Å². The second-order valence-corrected chi connectivity index (χ2v) is 10.2. The maximum absolute atomic E-state index is 12.9. The van der Waals surface area contributed by atoms with E-state index in [4.69, 9.17) is 4.74 Å². The van der Waals surface area contributed by atoms with Crippen molar-refractivity contribution in [1.29, 1.82) is 0 Å². The van der Waals surface area contributed by atoms with Gasteiger partial charge in [-0.15, -0.1) is 0 Å². The number of nitrogens with zero attached hydrogens (tertiary/aromatic N) is 3. The largest absolute Gasteiger partial charge is 0.494 e. The summed E-state index contributed by atoms with van der Waals surface area (Å²) in [6.07, 6.45) is 1.01. The Morgan fingerprint density at radius 3 is 2.21 bits per heavy atom. The van der Waals surface area contributed by atoms with Crippen molar-refractivity contribution in [3.8, 4) is 11.5 Å². The minimum absolute atomic E-state index is 0.0198. The predicted molar refractivity (Wildman–Crippen MR) is 127 cm³/mol. The first-order chi connectivity index (χ1) is 15.6. The summed E-state index contributed by atoms with van der Waals surface area (Å²) in [5.41, 5.74) is 1.10. The molecule has 0 atom stereocenters. The van der Waals surface area contributed by atoms with Gasteiger partial charge in [-0.25, -0.2) is 12.7 Å². The Morgan fingerprint density at radius 1 is 1.00 bits per heavy atom. The molecule has 0 spiro atoms. The number of ether oxygens (including phenoxy) is 2. The van der Waals surface area contributed by atoms with Gasteiger partial charge in [-0.2, -0.15) is 8.78 Å². The fourth-order valence-corrected chi connectivity index (χ4v) is 5.06. The minimum Gasteiger partial charge on any atom is -0.494 e. The van der Waals surface area contributed by atoms with Crippen LogP contribution in [0.2, 0.25) is 0 Å². The summed E-state index contributed by atoms with van der Waals surface area (Å²) in [4.78, 5) is 4.65. The molecule has 33 heavy (non-hydrogen) atoms. The Morgan fingerprint density at radius 2 is 1.64 bits per heavy atom. The molecule has 0 radical (unpaired) electrons. The van der Waals surface area contributed by atoms with Gasteiger partial charge in [0.25, 0.3) is 0 Å². The van der Waals surface area contributed by atoms with Gasteiger partial charge in [0.05, 0.1) is 24.7 Å². The molecule has 0 saturated carbocycles. The molecule has 0 amide bonds. The van der Waals surface area contributed by atoms with Gasteiger partial charge in [0.15, 0.2) is 5.75 Å². The molecule has 1 saturated heterocycles. The smallest absolute Gasteiger partial charge is 0.387 e. The van der Waals surface area contributed by atoms with E-state index >= 15 is 0 Å². The number of para-hydroxylation sites is 2. The molecule has 0 N–H and O–H groups in total. The molecule has 7 nitrogen and oxygen atoms in total. The summed E-state index contributed by atoms with van der Waals surface area (Å²) in [6.45, 7) is 5.94. The third-order valence-electron chi connectivity index (χ3n) is 5.37. The summed E-state index contributed by atoms with van der Waals surface area (Å²) in [5.74, 6) is 0.676. The van der Waals surface area contributed by atoms with Gasteiger partial charge in [-0.3, -0.25) is 4.90 Å². The first-order valence-electron chi connectivity index (χ1n) is 10.8. The first kappa shape index (κ1) is 25.0. The average Bonchev–Trinajstić information content (AvgIpc) is 2.74. The normalized spacial score (nSPS) is 15.2. The predicted octanol–water partition coefficient (Wildman–Crippen LogP) is 4.17. The van der Waals surface area contributed by atoms with Crippen molar-refractivity contribution in [2.24, 2.45) is 5.92 Å². The van der Waals surface area contributed by atoms with Gasteiger partial charge in [-0.05, 0) is 30.2 Å². The van der Waals surface area contributed by atoms with Crippen LogP contribution in [0.25, 0.3) is 0 Å². The van der Waals surface area contributed by atoms with Crippen molar-refractivity contribution < 1.29 is 26.7 Å². The highest BCUT2D eigenvalue weighted by atomic mass is 32.2. The lowest BCUT2D eigenvalue weighted by Gasteiger charge is -2.37. The zero-order valence-electron chi connectivity index (χ0n) is 19.4. The van der Waals surface area contributed by atoms with E-state index < -0.39 is 16.6 Å². The van der Waals surface area contributed by atoms with Crippen molar-refractivity contribution in [2.75, 3.05) is 55.3 Å². The summed E-state index contributed by atoms with van der Waals surface area (Å²) in [7, 11) is -2.46. The van der Waals surface area contributed by atoms with Gasteiger partial charge < -0.3 is 14.4 Å². The van der Waals surface area contributed by atoms with E-state index in [0.29, 0.717) is 11.7 Å². The Labute approximate surface area is 194 Å².